The maximum absolute atomic E-state index is 11.1. The molecule has 1 amide bonds. The Bertz CT molecular complexity index is 553. The number of carbonyl (C=O) groups is 1. The lowest BCUT2D eigenvalue weighted by atomic mass is 10.2. The van der Waals surface area contributed by atoms with Crippen LogP contribution in [0.15, 0.2) is 35.7 Å². The van der Waals surface area contributed by atoms with E-state index in [-0.39, 0.29) is 0 Å². The van der Waals surface area contributed by atoms with Crippen molar-refractivity contribution in [3.63, 3.8) is 0 Å². The largest absolute Gasteiger partial charge is 0.486 e. The molecule has 0 bridgehead atoms. The molecule has 0 radical (unpaired) electrons. The predicted molar refractivity (Wildman–Crippen MR) is 76.1 cm³/mol. The number of hydrogen-bond acceptors (Lipinski definition) is 4. The Balaban J connectivity index is 1.98. The Kier molecular flexibility index (Phi) is 4.65. The van der Waals surface area contributed by atoms with Crippen LogP contribution in [0.2, 0.25) is 5.02 Å². The Morgan fingerprint density at radius 1 is 1.32 bits per heavy atom. The SMILES string of the molecule is COC(=O)Nc1sccc1OCc1ccc(Cl)cc1. The number of nitrogens with one attached hydrogen (secondary N) is 1. The van der Waals surface area contributed by atoms with E-state index in [9.17, 15) is 4.79 Å². The fourth-order valence-corrected chi connectivity index (χ4v) is 2.23. The van der Waals surface area contributed by atoms with Crippen LogP contribution in [0.3, 0.4) is 0 Å². The average Bonchev–Trinajstić information content (AvgIpc) is 2.85. The highest BCUT2D eigenvalue weighted by atomic mass is 35.5. The number of anilines is 1. The molecule has 1 N–H and O–H groups in total. The molecule has 2 aromatic rings. The van der Waals surface area contributed by atoms with Gasteiger partial charge in [-0.3, -0.25) is 5.32 Å². The Morgan fingerprint density at radius 3 is 2.74 bits per heavy atom. The second kappa shape index (κ2) is 6.45. The monoisotopic (exact) mass is 297 g/mol. The van der Waals surface area contributed by atoms with E-state index in [1.54, 1.807) is 6.07 Å². The molecule has 1 aromatic carbocycles. The van der Waals surface area contributed by atoms with E-state index >= 15 is 0 Å². The minimum atomic E-state index is -0.515. The first-order chi connectivity index (χ1) is 9.19. The van der Waals surface area contributed by atoms with Crippen molar-refractivity contribution in [1.29, 1.82) is 0 Å². The van der Waals surface area contributed by atoms with E-state index in [0.717, 1.165) is 5.56 Å². The molecule has 0 saturated heterocycles. The molecule has 0 atom stereocenters. The summed E-state index contributed by atoms with van der Waals surface area (Å²) in [6.45, 7) is 0.407. The zero-order chi connectivity index (χ0) is 13.7. The van der Waals surface area contributed by atoms with Gasteiger partial charge in [-0.05, 0) is 29.1 Å². The van der Waals surface area contributed by atoms with Gasteiger partial charge >= 0.3 is 6.09 Å². The van der Waals surface area contributed by atoms with Crippen LogP contribution in [-0.2, 0) is 11.3 Å². The number of methoxy groups -OCH3 is 1. The number of ether oxygens (including phenoxy) is 2. The fraction of sp³-hybridized carbons (Fsp3) is 0.154. The van der Waals surface area contributed by atoms with Gasteiger partial charge in [0.15, 0.2) is 5.75 Å². The third kappa shape index (κ3) is 3.87. The standard InChI is InChI=1S/C13H12ClNO3S/c1-17-13(16)15-12-11(6-7-19-12)18-8-9-2-4-10(14)5-3-9/h2-7H,8H2,1H3,(H,15,16). The summed E-state index contributed by atoms with van der Waals surface area (Å²) in [5, 5.41) is 5.75. The Labute approximate surface area is 119 Å². The molecule has 0 aliphatic carbocycles. The van der Waals surface area contributed by atoms with Crippen molar-refractivity contribution in [2.24, 2.45) is 0 Å². The average molecular weight is 298 g/mol. The van der Waals surface area contributed by atoms with Gasteiger partial charge < -0.3 is 9.47 Å². The molecule has 100 valence electrons. The van der Waals surface area contributed by atoms with Gasteiger partial charge in [-0.2, -0.15) is 0 Å². The van der Waals surface area contributed by atoms with Crippen molar-refractivity contribution in [1.82, 2.24) is 0 Å². The first kappa shape index (κ1) is 13.7. The number of thiophene rings is 1. The molecule has 19 heavy (non-hydrogen) atoms. The number of carbonyl (C=O) groups excluding carboxylic acids is 1. The highest BCUT2D eigenvalue weighted by Gasteiger charge is 2.09. The van der Waals surface area contributed by atoms with Gasteiger partial charge in [0.25, 0.3) is 0 Å². The fourth-order valence-electron chi connectivity index (χ4n) is 1.39. The first-order valence-corrected chi connectivity index (χ1v) is 6.74. The van der Waals surface area contributed by atoms with Crippen LogP contribution in [0.5, 0.6) is 5.75 Å². The zero-order valence-corrected chi connectivity index (χ0v) is 11.8. The van der Waals surface area contributed by atoms with Crippen molar-refractivity contribution in [2.45, 2.75) is 6.61 Å². The van der Waals surface area contributed by atoms with Crippen molar-refractivity contribution in [3.8, 4) is 5.75 Å². The van der Waals surface area contributed by atoms with E-state index in [1.807, 2.05) is 29.6 Å². The van der Waals surface area contributed by atoms with Crippen LogP contribution in [0.25, 0.3) is 0 Å². The van der Waals surface area contributed by atoms with Crippen LogP contribution in [0, 0.1) is 0 Å². The molecule has 0 fully saturated rings. The number of rotatable bonds is 4. The Morgan fingerprint density at radius 2 is 2.05 bits per heavy atom. The minimum Gasteiger partial charge on any atom is -0.486 e. The van der Waals surface area contributed by atoms with Gasteiger partial charge in [0.2, 0.25) is 0 Å². The molecule has 6 heteroatoms. The van der Waals surface area contributed by atoms with Gasteiger partial charge in [0, 0.05) is 5.02 Å². The smallest absolute Gasteiger partial charge is 0.412 e. The van der Waals surface area contributed by atoms with E-state index in [1.165, 1.54) is 18.4 Å². The third-order valence-corrected chi connectivity index (χ3v) is 3.40. The molecular weight excluding hydrogens is 286 g/mol. The summed E-state index contributed by atoms with van der Waals surface area (Å²) in [6.07, 6.45) is -0.515. The summed E-state index contributed by atoms with van der Waals surface area (Å²) in [5.74, 6) is 0.616. The highest BCUT2D eigenvalue weighted by Crippen LogP contribution is 2.31. The summed E-state index contributed by atoms with van der Waals surface area (Å²) in [6, 6.07) is 9.19. The number of benzene rings is 1. The van der Waals surface area contributed by atoms with E-state index in [2.05, 4.69) is 10.1 Å². The van der Waals surface area contributed by atoms with Crippen molar-refractivity contribution in [3.05, 3.63) is 46.3 Å². The summed E-state index contributed by atoms with van der Waals surface area (Å²) in [5.41, 5.74) is 1.000. The summed E-state index contributed by atoms with van der Waals surface area (Å²) < 4.78 is 10.2. The maximum atomic E-state index is 11.1. The molecule has 0 aliphatic rings. The highest BCUT2D eigenvalue weighted by molar-refractivity contribution is 7.14. The predicted octanol–water partition coefficient (Wildman–Crippen LogP) is 4.16. The summed E-state index contributed by atoms with van der Waals surface area (Å²) >= 11 is 7.18. The van der Waals surface area contributed by atoms with Gasteiger partial charge in [-0.15, -0.1) is 11.3 Å². The number of halogens is 1. The molecule has 2 rings (SSSR count). The van der Waals surface area contributed by atoms with E-state index in [0.29, 0.717) is 22.4 Å². The summed E-state index contributed by atoms with van der Waals surface area (Å²) in [7, 11) is 1.32. The lowest BCUT2D eigenvalue weighted by Crippen LogP contribution is -2.10. The number of hydrogen-bond donors (Lipinski definition) is 1. The van der Waals surface area contributed by atoms with Gasteiger partial charge in [-0.25, -0.2) is 4.79 Å². The van der Waals surface area contributed by atoms with Crippen LogP contribution in [0.1, 0.15) is 5.56 Å². The van der Waals surface area contributed by atoms with Crippen molar-refractivity contribution < 1.29 is 14.3 Å². The van der Waals surface area contributed by atoms with Crippen LogP contribution < -0.4 is 10.1 Å². The summed E-state index contributed by atoms with van der Waals surface area (Å²) in [4.78, 5) is 11.1. The second-order valence-corrected chi connectivity index (χ2v) is 5.00. The molecule has 0 unspecified atom stereocenters. The zero-order valence-electron chi connectivity index (χ0n) is 10.2. The topological polar surface area (TPSA) is 47.6 Å². The van der Waals surface area contributed by atoms with Crippen LogP contribution in [0.4, 0.5) is 9.80 Å². The number of amides is 1. The van der Waals surface area contributed by atoms with Gasteiger partial charge in [0.05, 0.1) is 7.11 Å². The van der Waals surface area contributed by atoms with Crippen LogP contribution >= 0.6 is 22.9 Å². The lowest BCUT2D eigenvalue weighted by molar-refractivity contribution is 0.187. The van der Waals surface area contributed by atoms with Crippen molar-refractivity contribution in [2.75, 3.05) is 12.4 Å². The molecule has 0 aliphatic heterocycles. The van der Waals surface area contributed by atoms with Crippen LogP contribution in [-0.4, -0.2) is 13.2 Å². The van der Waals surface area contributed by atoms with Crippen molar-refractivity contribution >= 4 is 34.0 Å². The second-order valence-electron chi connectivity index (χ2n) is 3.65. The minimum absolute atomic E-state index is 0.407. The molecule has 4 nitrogen and oxygen atoms in total. The Hall–Kier alpha value is -1.72. The molecule has 0 spiro atoms. The third-order valence-electron chi connectivity index (χ3n) is 2.34. The molecular formula is C13H12ClNO3S. The quantitative estimate of drug-likeness (QED) is 0.922. The van der Waals surface area contributed by atoms with E-state index < -0.39 is 6.09 Å². The normalized spacial score (nSPS) is 10.0. The lowest BCUT2D eigenvalue weighted by Gasteiger charge is -2.08. The maximum Gasteiger partial charge on any atom is 0.412 e. The molecule has 1 heterocycles. The van der Waals surface area contributed by atoms with Gasteiger partial charge in [0.1, 0.15) is 11.6 Å². The first-order valence-electron chi connectivity index (χ1n) is 5.49. The van der Waals surface area contributed by atoms with E-state index in [4.69, 9.17) is 16.3 Å². The molecule has 0 saturated carbocycles. The molecule has 1 aromatic heterocycles. The van der Waals surface area contributed by atoms with Gasteiger partial charge in [-0.1, -0.05) is 23.7 Å².